The molecule has 2 aliphatic rings. The number of hydrogen-bond donors (Lipinski definition) is 2. The lowest BCUT2D eigenvalue weighted by atomic mass is 9.91. The van der Waals surface area contributed by atoms with E-state index in [1.165, 1.54) is 4.90 Å². The maximum absolute atomic E-state index is 12.3. The Morgan fingerprint density at radius 2 is 2.30 bits per heavy atom. The number of aliphatic carboxylic acids is 1. The third-order valence-corrected chi connectivity index (χ3v) is 4.36. The highest BCUT2D eigenvalue weighted by Crippen LogP contribution is 2.34. The molecule has 2 saturated heterocycles. The summed E-state index contributed by atoms with van der Waals surface area (Å²) < 4.78 is 5.27. The third-order valence-electron chi connectivity index (χ3n) is 4.36. The molecule has 2 unspecified atom stereocenters. The smallest absolute Gasteiger partial charge is 0.329 e. The number of nitrogens with zero attached hydrogens (tertiary/aromatic N) is 1. The number of likely N-dealkylation sites (tertiary alicyclic amines) is 1. The zero-order chi connectivity index (χ0) is 14.6. The minimum Gasteiger partial charge on any atom is -0.479 e. The van der Waals surface area contributed by atoms with E-state index < -0.39 is 11.5 Å². The lowest BCUT2D eigenvalue weighted by Gasteiger charge is -2.34. The fourth-order valence-electron chi connectivity index (χ4n) is 3.25. The molecule has 0 radical (unpaired) electrons. The van der Waals surface area contributed by atoms with Gasteiger partial charge in [0.05, 0.1) is 6.61 Å². The molecular formula is C14H24N2O4. The number of carbonyl (C=O) groups is 2. The molecule has 0 spiro atoms. The molecule has 2 amide bonds. The van der Waals surface area contributed by atoms with Crippen molar-refractivity contribution in [2.75, 3.05) is 26.3 Å². The van der Waals surface area contributed by atoms with Crippen molar-refractivity contribution in [2.24, 2.45) is 5.92 Å². The molecule has 6 heteroatoms. The Labute approximate surface area is 119 Å². The Kier molecular flexibility index (Phi) is 4.86. The summed E-state index contributed by atoms with van der Waals surface area (Å²) in [7, 11) is 0. The van der Waals surface area contributed by atoms with E-state index >= 15 is 0 Å². The van der Waals surface area contributed by atoms with Gasteiger partial charge in [-0.05, 0) is 25.7 Å². The summed E-state index contributed by atoms with van der Waals surface area (Å²) in [5.74, 6) is -0.525. The molecule has 20 heavy (non-hydrogen) atoms. The molecule has 2 fully saturated rings. The molecule has 0 aromatic carbocycles. The van der Waals surface area contributed by atoms with Crippen LogP contribution in [0, 0.1) is 5.92 Å². The van der Waals surface area contributed by atoms with Crippen LogP contribution in [0.2, 0.25) is 0 Å². The molecule has 2 atom stereocenters. The summed E-state index contributed by atoms with van der Waals surface area (Å²) in [5, 5.41) is 12.4. The van der Waals surface area contributed by atoms with Crippen LogP contribution in [-0.2, 0) is 9.53 Å². The normalized spacial score (nSPS) is 29.6. The number of nitrogens with one attached hydrogen (secondary N) is 1. The second-order valence-corrected chi connectivity index (χ2v) is 5.76. The van der Waals surface area contributed by atoms with Crippen molar-refractivity contribution < 1.29 is 19.4 Å². The van der Waals surface area contributed by atoms with Crippen LogP contribution in [0.3, 0.4) is 0 Å². The number of rotatable bonds is 5. The number of carbonyl (C=O) groups excluding carboxylic acids is 1. The zero-order valence-electron chi connectivity index (χ0n) is 12.1. The number of urea groups is 1. The number of carboxylic acid groups (broad SMARTS) is 1. The minimum atomic E-state index is -1.01. The fraction of sp³-hybridized carbons (Fsp3) is 0.857. The number of hydrogen-bond acceptors (Lipinski definition) is 3. The maximum atomic E-state index is 12.3. The predicted molar refractivity (Wildman–Crippen MR) is 73.5 cm³/mol. The minimum absolute atomic E-state index is 0.245. The summed E-state index contributed by atoms with van der Waals surface area (Å²) in [6, 6.07) is -0.245. The molecular weight excluding hydrogens is 260 g/mol. The number of ether oxygens (including phenoxy) is 1. The van der Waals surface area contributed by atoms with Crippen molar-refractivity contribution in [1.82, 2.24) is 10.2 Å². The molecule has 2 aliphatic heterocycles. The molecule has 2 heterocycles. The topological polar surface area (TPSA) is 78.9 Å². The average Bonchev–Trinajstić information content (AvgIpc) is 3.06. The SMILES string of the molecule is CCCC1(C(=O)O)CCCN1C(=O)NCC1CCOC1. The van der Waals surface area contributed by atoms with Gasteiger partial charge in [0.15, 0.2) is 0 Å². The van der Waals surface area contributed by atoms with Gasteiger partial charge in [-0.3, -0.25) is 0 Å². The highest BCUT2D eigenvalue weighted by Gasteiger charge is 2.49. The number of carboxylic acids is 1. The van der Waals surface area contributed by atoms with Crippen LogP contribution in [0.15, 0.2) is 0 Å². The predicted octanol–water partition coefficient (Wildman–Crippen LogP) is 1.45. The van der Waals surface area contributed by atoms with Crippen LogP contribution < -0.4 is 5.32 Å². The van der Waals surface area contributed by atoms with Crippen molar-refractivity contribution in [3.63, 3.8) is 0 Å². The van der Waals surface area contributed by atoms with Gasteiger partial charge in [0, 0.05) is 25.6 Å². The molecule has 0 saturated carbocycles. The van der Waals surface area contributed by atoms with E-state index in [1.807, 2.05) is 6.92 Å². The molecule has 0 aliphatic carbocycles. The van der Waals surface area contributed by atoms with Gasteiger partial charge in [0.2, 0.25) is 0 Å². The molecule has 0 bridgehead atoms. The first-order valence-corrected chi connectivity index (χ1v) is 7.47. The first kappa shape index (κ1) is 15.1. The van der Waals surface area contributed by atoms with E-state index in [0.717, 1.165) is 25.9 Å². The Morgan fingerprint density at radius 3 is 2.90 bits per heavy atom. The van der Waals surface area contributed by atoms with Crippen molar-refractivity contribution in [3.8, 4) is 0 Å². The van der Waals surface area contributed by atoms with E-state index in [0.29, 0.717) is 38.5 Å². The van der Waals surface area contributed by atoms with Gasteiger partial charge in [-0.15, -0.1) is 0 Å². The Hall–Kier alpha value is -1.30. The Balaban J connectivity index is 1.97. The van der Waals surface area contributed by atoms with Crippen LogP contribution >= 0.6 is 0 Å². The highest BCUT2D eigenvalue weighted by molar-refractivity contribution is 5.87. The van der Waals surface area contributed by atoms with E-state index in [1.54, 1.807) is 0 Å². The summed E-state index contributed by atoms with van der Waals surface area (Å²) in [4.78, 5) is 25.5. The molecule has 2 rings (SSSR count). The van der Waals surface area contributed by atoms with E-state index in [9.17, 15) is 14.7 Å². The van der Waals surface area contributed by atoms with Crippen LogP contribution in [0.4, 0.5) is 4.79 Å². The first-order valence-electron chi connectivity index (χ1n) is 7.47. The van der Waals surface area contributed by atoms with E-state index in [4.69, 9.17) is 4.74 Å². The van der Waals surface area contributed by atoms with Gasteiger partial charge in [-0.25, -0.2) is 9.59 Å². The van der Waals surface area contributed by atoms with Gasteiger partial charge in [-0.2, -0.15) is 0 Å². The second-order valence-electron chi connectivity index (χ2n) is 5.76. The monoisotopic (exact) mass is 284 g/mol. The van der Waals surface area contributed by atoms with Crippen molar-refractivity contribution >= 4 is 12.0 Å². The standard InChI is InChI=1S/C14H24N2O4/c1-2-5-14(12(17)18)6-3-7-16(14)13(19)15-9-11-4-8-20-10-11/h11H,2-10H2,1H3,(H,15,19)(H,17,18). The summed E-state index contributed by atoms with van der Waals surface area (Å²) in [5.41, 5.74) is -1.01. The van der Waals surface area contributed by atoms with Crippen LogP contribution in [0.25, 0.3) is 0 Å². The van der Waals surface area contributed by atoms with E-state index in [2.05, 4.69) is 5.32 Å². The van der Waals surface area contributed by atoms with Crippen molar-refractivity contribution in [3.05, 3.63) is 0 Å². The second kappa shape index (κ2) is 6.43. The highest BCUT2D eigenvalue weighted by atomic mass is 16.5. The van der Waals surface area contributed by atoms with Crippen molar-refractivity contribution in [1.29, 1.82) is 0 Å². The lowest BCUT2D eigenvalue weighted by Crippen LogP contribution is -2.56. The Morgan fingerprint density at radius 1 is 1.50 bits per heavy atom. The lowest BCUT2D eigenvalue weighted by molar-refractivity contribution is -0.148. The van der Waals surface area contributed by atoms with Crippen LogP contribution in [-0.4, -0.2) is 53.8 Å². The maximum Gasteiger partial charge on any atom is 0.329 e. The van der Waals surface area contributed by atoms with Gasteiger partial charge in [0.1, 0.15) is 5.54 Å². The third kappa shape index (κ3) is 2.90. The quantitative estimate of drug-likeness (QED) is 0.801. The molecule has 0 aromatic heterocycles. The van der Waals surface area contributed by atoms with E-state index in [-0.39, 0.29) is 6.03 Å². The first-order chi connectivity index (χ1) is 9.60. The largest absolute Gasteiger partial charge is 0.479 e. The number of amides is 2. The van der Waals surface area contributed by atoms with Crippen LogP contribution in [0.5, 0.6) is 0 Å². The zero-order valence-corrected chi connectivity index (χ0v) is 12.1. The fourth-order valence-corrected chi connectivity index (χ4v) is 3.25. The van der Waals surface area contributed by atoms with Gasteiger partial charge < -0.3 is 20.1 Å². The summed E-state index contributed by atoms with van der Waals surface area (Å²) in [6.07, 6.45) is 3.54. The molecule has 2 N–H and O–H groups in total. The van der Waals surface area contributed by atoms with Gasteiger partial charge in [0.25, 0.3) is 0 Å². The summed E-state index contributed by atoms with van der Waals surface area (Å²) >= 11 is 0. The molecule has 0 aromatic rings. The average molecular weight is 284 g/mol. The van der Waals surface area contributed by atoms with Crippen molar-refractivity contribution in [2.45, 2.75) is 44.6 Å². The molecule has 6 nitrogen and oxygen atoms in total. The van der Waals surface area contributed by atoms with Gasteiger partial charge in [-0.1, -0.05) is 13.3 Å². The Bertz CT molecular complexity index is 368. The van der Waals surface area contributed by atoms with Crippen LogP contribution in [0.1, 0.15) is 39.0 Å². The summed E-state index contributed by atoms with van der Waals surface area (Å²) in [6.45, 7) is 4.48. The molecule has 114 valence electrons. The van der Waals surface area contributed by atoms with Gasteiger partial charge >= 0.3 is 12.0 Å².